The van der Waals surface area contributed by atoms with Crippen LogP contribution in [-0.2, 0) is 11.8 Å². The van der Waals surface area contributed by atoms with E-state index in [1.54, 1.807) is 29.2 Å². The number of nitrogens with two attached hydrogens (primary N) is 1. The van der Waals surface area contributed by atoms with Crippen molar-refractivity contribution in [1.82, 2.24) is 19.7 Å². The first-order chi connectivity index (χ1) is 17.3. The number of halogens is 1. The first-order valence-corrected chi connectivity index (χ1v) is 11.8. The molecule has 1 aromatic carbocycles. The van der Waals surface area contributed by atoms with E-state index in [1.165, 1.54) is 6.20 Å². The highest BCUT2D eigenvalue weighted by atomic mass is 19.1. The van der Waals surface area contributed by atoms with Crippen molar-refractivity contribution in [2.75, 3.05) is 29.5 Å². The van der Waals surface area contributed by atoms with Crippen LogP contribution in [0, 0.1) is 24.6 Å². The summed E-state index contributed by atoms with van der Waals surface area (Å²) in [6.07, 6.45) is 7.63. The number of amides is 1. The number of carbonyl (C=O) groups excluding carboxylic acids is 1. The fourth-order valence-corrected chi connectivity index (χ4v) is 4.31. The van der Waals surface area contributed by atoms with E-state index >= 15 is 4.39 Å². The molecule has 4 aromatic rings. The summed E-state index contributed by atoms with van der Waals surface area (Å²) in [6, 6.07) is 5.33. The molecule has 36 heavy (non-hydrogen) atoms. The number of fused-ring (bicyclic) bond motifs is 2. The molecule has 1 fully saturated rings. The van der Waals surface area contributed by atoms with Gasteiger partial charge in [-0.15, -0.1) is 0 Å². The number of aryl methyl sites for hydroxylation is 1. The molecule has 4 heterocycles. The van der Waals surface area contributed by atoms with Crippen LogP contribution in [0.4, 0.5) is 21.6 Å². The Hall–Kier alpha value is -4.21. The molecule has 9 nitrogen and oxygen atoms in total. The van der Waals surface area contributed by atoms with Crippen molar-refractivity contribution in [1.29, 1.82) is 0 Å². The average molecular weight is 490 g/mol. The van der Waals surface area contributed by atoms with Crippen LogP contribution in [-0.4, -0.2) is 38.8 Å². The third kappa shape index (κ3) is 4.53. The van der Waals surface area contributed by atoms with Crippen LogP contribution in [0.25, 0.3) is 21.9 Å². The summed E-state index contributed by atoms with van der Waals surface area (Å²) < 4.78 is 22.5. The number of nitrogens with zero attached hydrogens (tertiary/aromatic N) is 4. The molecule has 0 spiro atoms. The lowest BCUT2D eigenvalue weighted by Gasteiger charge is -2.22. The number of rotatable bonds is 3. The van der Waals surface area contributed by atoms with Crippen LogP contribution in [0.3, 0.4) is 0 Å². The minimum atomic E-state index is -0.519. The number of nitrogens with one attached hydrogen (secondary N) is 2. The Kier molecular flexibility index (Phi) is 6.17. The summed E-state index contributed by atoms with van der Waals surface area (Å²) in [7, 11) is 1.89. The van der Waals surface area contributed by atoms with Gasteiger partial charge in [-0.25, -0.2) is 14.4 Å². The fourth-order valence-electron chi connectivity index (χ4n) is 4.31. The molecule has 1 aliphatic heterocycles. The highest BCUT2D eigenvalue weighted by molar-refractivity contribution is 6.00. The number of nitrogen functional groups attached to an aromatic ring is 1. The zero-order valence-electron chi connectivity index (χ0n) is 20.4. The van der Waals surface area contributed by atoms with Crippen molar-refractivity contribution in [2.45, 2.75) is 20.3 Å². The molecule has 2 unspecified atom stereocenters. The van der Waals surface area contributed by atoms with Crippen molar-refractivity contribution >= 4 is 33.9 Å². The largest absolute Gasteiger partial charge is 0.474 e. The summed E-state index contributed by atoms with van der Waals surface area (Å²) in [6.45, 7) is 5.14. The number of benzene rings is 1. The zero-order valence-corrected chi connectivity index (χ0v) is 20.4. The third-order valence-corrected chi connectivity index (χ3v) is 6.57. The van der Waals surface area contributed by atoms with Crippen LogP contribution < -0.4 is 21.1 Å². The van der Waals surface area contributed by atoms with Gasteiger partial charge in [0.2, 0.25) is 11.8 Å². The molecule has 1 aliphatic carbocycles. The predicted octanol–water partition coefficient (Wildman–Crippen LogP) is 4.15. The van der Waals surface area contributed by atoms with Gasteiger partial charge in [-0.3, -0.25) is 9.48 Å². The lowest BCUT2D eigenvalue weighted by molar-refractivity contribution is -0.117. The van der Waals surface area contributed by atoms with Crippen molar-refractivity contribution in [3.63, 3.8) is 0 Å². The topological polar surface area (TPSA) is 120 Å². The maximum atomic E-state index is 15.2. The molecule has 0 bridgehead atoms. The van der Waals surface area contributed by atoms with E-state index in [-0.39, 0.29) is 17.5 Å². The highest BCUT2D eigenvalue weighted by Gasteiger charge is 2.39. The van der Waals surface area contributed by atoms with Crippen LogP contribution in [0.5, 0.6) is 5.88 Å². The molecule has 2 aliphatic rings. The van der Waals surface area contributed by atoms with Gasteiger partial charge in [0.1, 0.15) is 18.1 Å². The van der Waals surface area contributed by atoms with Gasteiger partial charge in [0, 0.05) is 60.8 Å². The summed E-state index contributed by atoms with van der Waals surface area (Å²) >= 11 is 0. The van der Waals surface area contributed by atoms with Crippen molar-refractivity contribution < 1.29 is 13.9 Å². The van der Waals surface area contributed by atoms with Crippen LogP contribution in [0.15, 0.2) is 43.0 Å². The lowest BCUT2D eigenvalue weighted by Crippen LogP contribution is -2.20. The molecule has 6 rings (SSSR count). The van der Waals surface area contributed by atoms with E-state index in [0.717, 1.165) is 17.7 Å². The van der Waals surface area contributed by atoms with Crippen molar-refractivity contribution in [2.24, 2.45) is 18.9 Å². The minimum absolute atomic E-state index is 0.0185. The van der Waals surface area contributed by atoms with E-state index < -0.39 is 5.82 Å². The molecule has 1 saturated carbocycles. The van der Waals surface area contributed by atoms with Gasteiger partial charge in [0.15, 0.2) is 5.82 Å². The molecule has 186 valence electrons. The predicted molar refractivity (Wildman–Crippen MR) is 137 cm³/mol. The molecular formula is C26H28FN7O2. The number of aromatic nitrogens is 4. The number of anilines is 3. The Balaban J connectivity index is 0.000000391. The number of carbonyl (C=O) groups is 1. The second-order valence-electron chi connectivity index (χ2n) is 9.18. The summed E-state index contributed by atoms with van der Waals surface area (Å²) in [5, 5.41) is 11.1. The number of pyridine rings is 2. The standard InChI is InChI=1S/C22H22FN5O2.C4H6N2/c1-10-5-13(10)21(29)28-17-7-12-6-14(18(23)19(24)16(12)9-26-17)15-8-27-22-20(11(15)2)25-3-4-30-22;1-6-4-2-3-5-6/h6-10,13,25H,3-5,24H2,1-2H3,(H,26,28,29);2-4H,1H3. The first-order valence-electron chi connectivity index (χ1n) is 11.8. The molecule has 3 aromatic heterocycles. The molecule has 2 atom stereocenters. The van der Waals surface area contributed by atoms with Gasteiger partial charge in [0.05, 0.1) is 5.69 Å². The molecular weight excluding hydrogens is 461 g/mol. The minimum Gasteiger partial charge on any atom is -0.474 e. The van der Waals surface area contributed by atoms with Gasteiger partial charge in [-0.1, -0.05) is 6.92 Å². The maximum absolute atomic E-state index is 15.2. The van der Waals surface area contributed by atoms with E-state index in [2.05, 4.69) is 25.7 Å². The van der Waals surface area contributed by atoms with Gasteiger partial charge < -0.3 is 21.1 Å². The average Bonchev–Trinajstić information content (AvgIpc) is 3.42. The van der Waals surface area contributed by atoms with E-state index in [1.807, 2.05) is 33.2 Å². The zero-order chi connectivity index (χ0) is 25.4. The molecule has 1 amide bonds. The highest BCUT2D eigenvalue weighted by Crippen LogP contribution is 2.40. The first kappa shape index (κ1) is 23.5. The SMILES string of the molecule is Cc1c(-c2cc3cc(NC(=O)C4CC4C)ncc3c(N)c2F)cnc2c1NCCO2.Cn1cccn1. The van der Waals surface area contributed by atoms with Crippen molar-refractivity contribution in [3.8, 4) is 17.0 Å². The summed E-state index contributed by atoms with van der Waals surface area (Å²) in [5.74, 6) is 0.827. The smallest absolute Gasteiger partial charge is 0.237 e. The maximum Gasteiger partial charge on any atom is 0.237 e. The normalized spacial score (nSPS) is 17.8. The monoisotopic (exact) mass is 489 g/mol. The van der Waals surface area contributed by atoms with Crippen molar-refractivity contribution in [3.05, 3.63) is 54.4 Å². The van der Waals surface area contributed by atoms with E-state index in [4.69, 9.17) is 10.5 Å². The Morgan fingerprint density at radius 3 is 2.75 bits per heavy atom. The second-order valence-corrected chi connectivity index (χ2v) is 9.18. The van der Waals surface area contributed by atoms with Gasteiger partial charge in [-0.2, -0.15) is 5.10 Å². The Morgan fingerprint density at radius 2 is 2.08 bits per heavy atom. The molecule has 0 saturated heterocycles. The number of ether oxygens (including phenoxy) is 1. The van der Waals surface area contributed by atoms with Crippen LogP contribution in [0.1, 0.15) is 18.9 Å². The Bertz CT molecular complexity index is 1440. The summed E-state index contributed by atoms with van der Waals surface area (Å²) in [4.78, 5) is 20.8. The second kappa shape index (κ2) is 9.44. The van der Waals surface area contributed by atoms with Gasteiger partial charge >= 0.3 is 0 Å². The lowest BCUT2D eigenvalue weighted by atomic mass is 9.97. The quantitative estimate of drug-likeness (QED) is 0.370. The van der Waals surface area contributed by atoms with E-state index in [9.17, 15) is 4.79 Å². The third-order valence-electron chi connectivity index (χ3n) is 6.57. The fraction of sp³-hybridized carbons (Fsp3) is 0.308. The van der Waals surface area contributed by atoms with Gasteiger partial charge in [-0.05, 0) is 48.4 Å². The Labute approximate surface area is 207 Å². The van der Waals surface area contributed by atoms with Crippen LogP contribution in [0.2, 0.25) is 0 Å². The molecule has 10 heteroatoms. The molecule has 0 radical (unpaired) electrons. The number of hydrogen-bond acceptors (Lipinski definition) is 7. The summed E-state index contributed by atoms with van der Waals surface area (Å²) in [5.41, 5.74) is 8.70. The Morgan fingerprint density at radius 1 is 1.28 bits per heavy atom. The number of hydrogen-bond donors (Lipinski definition) is 3. The van der Waals surface area contributed by atoms with Crippen LogP contribution >= 0.6 is 0 Å². The van der Waals surface area contributed by atoms with Gasteiger partial charge in [0.25, 0.3) is 0 Å². The molecule has 4 N–H and O–H groups in total. The van der Waals surface area contributed by atoms with E-state index in [0.29, 0.717) is 52.7 Å².